The van der Waals surface area contributed by atoms with Gasteiger partial charge >= 0.3 is 0 Å². The molecule has 6 nitrogen and oxygen atoms in total. The molecule has 0 aliphatic rings. The molecule has 1 N–H and O–H groups in total. The summed E-state index contributed by atoms with van der Waals surface area (Å²) < 4.78 is 1.59. The number of benzene rings is 2. The van der Waals surface area contributed by atoms with Crippen LogP contribution < -0.4 is 0 Å². The number of tetrazole rings is 1. The van der Waals surface area contributed by atoms with Gasteiger partial charge in [0.15, 0.2) is 5.78 Å². The van der Waals surface area contributed by atoms with Crippen molar-refractivity contribution in [2.45, 2.75) is 12.1 Å². The number of hydrogen-bond donors (Lipinski definition) is 1. The van der Waals surface area contributed by atoms with Crippen LogP contribution in [0, 0.1) is 6.92 Å². The summed E-state index contributed by atoms with van der Waals surface area (Å²) >= 11 is 7.23. The molecule has 2 heterocycles. The van der Waals surface area contributed by atoms with Gasteiger partial charge in [-0.25, -0.2) is 0 Å². The first-order chi connectivity index (χ1) is 12.6. The first-order valence-corrected chi connectivity index (χ1v) is 9.27. The Morgan fingerprint density at radius 1 is 1.19 bits per heavy atom. The van der Waals surface area contributed by atoms with E-state index in [1.54, 1.807) is 16.8 Å². The molecule has 2 aromatic heterocycles. The quantitative estimate of drug-likeness (QED) is 0.415. The number of ketones is 1. The number of carbonyl (C=O) groups is 1. The summed E-state index contributed by atoms with van der Waals surface area (Å²) in [7, 11) is 0. The standard InChI is InChI=1S/C18H14ClN5OS/c1-11-17(14-4-2-3-5-15(14)20-11)16(25)10-26-18-21-22-23-24(18)13-8-6-12(19)7-9-13/h2-9,20H,10H2,1H3. The van der Waals surface area contributed by atoms with Gasteiger partial charge in [-0.2, -0.15) is 4.68 Å². The van der Waals surface area contributed by atoms with Crippen molar-refractivity contribution >= 4 is 40.0 Å². The molecular weight excluding hydrogens is 370 g/mol. The highest BCUT2D eigenvalue weighted by molar-refractivity contribution is 7.99. The van der Waals surface area contributed by atoms with Crippen molar-refractivity contribution in [3.05, 3.63) is 64.8 Å². The first-order valence-electron chi connectivity index (χ1n) is 7.91. The maximum Gasteiger partial charge on any atom is 0.214 e. The first kappa shape index (κ1) is 16.8. The molecular formula is C18H14ClN5OS. The number of aromatic amines is 1. The molecule has 8 heteroatoms. The Morgan fingerprint density at radius 2 is 1.96 bits per heavy atom. The van der Waals surface area contributed by atoms with Crippen LogP contribution in [-0.4, -0.2) is 36.7 Å². The van der Waals surface area contributed by atoms with Crippen LogP contribution in [0.25, 0.3) is 16.6 Å². The summed E-state index contributed by atoms with van der Waals surface area (Å²) in [6.07, 6.45) is 0. The van der Waals surface area contributed by atoms with Crippen LogP contribution in [0.3, 0.4) is 0 Å². The Morgan fingerprint density at radius 3 is 2.77 bits per heavy atom. The number of para-hydroxylation sites is 1. The van der Waals surface area contributed by atoms with Gasteiger partial charge in [0.1, 0.15) is 0 Å². The minimum atomic E-state index is 0.0376. The number of carbonyl (C=O) groups excluding carboxylic acids is 1. The summed E-state index contributed by atoms with van der Waals surface area (Å²) in [6.45, 7) is 1.91. The lowest BCUT2D eigenvalue weighted by molar-refractivity contribution is 0.102. The third kappa shape index (κ3) is 3.11. The maximum absolute atomic E-state index is 12.8. The average molecular weight is 384 g/mol. The van der Waals surface area contributed by atoms with Crippen molar-refractivity contribution in [3.8, 4) is 5.69 Å². The molecule has 0 radical (unpaired) electrons. The second kappa shape index (κ2) is 6.93. The molecule has 130 valence electrons. The van der Waals surface area contributed by atoms with Gasteiger partial charge in [0.25, 0.3) is 0 Å². The lowest BCUT2D eigenvalue weighted by Crippen LogP contribution is -2.06. The van der Waals surface area contributed by atoms with Crippen LogP contribution >= 0.6 is 23.4 Å². The molecule has 0 bridgehead atoms. The Labute approximate surface area is 158 Å². The van der Waals surface area contributed by atoms with Crippen LogP contribution in [0.5, 0.6) is 0 Å². The number of hydrogen-bond acceptors (Lipinski definition) is 5. The van der Waals surface area contributed by atoms with E-state index in [-0.39, 0.29) is 11.5 Å². The summed E-state index contributed by atoms with van der Waals surface area (Å²) in [5.41, 5.74) is 3.34. The van der Waals surface area contributed by atoms with Crippen molar-refractivity contribution in [1.29, 1.82) is 0 Å². The highest BCUT2D eigenvalue weighted by Gasteiger charge is 2.18. The largest absolute Gasteiger partial charge is 0.358 e. The lowest BCUT2D eigenvalue weighted by atomic mass is 10.1. The van der Waals surface area contributed by atoms with Gasteiger partial charge in [-0.3, -0.25) is 4.79 Å². The summed E-state index contributed by atoms with van der Waals surface area (Å²) in [5.74, 6) is 0.284. The maximum atomic E-state index is 12.8. The van der Waals surface area contributed by atoms with Crippen LogP contribution in [0.15, 0.2) is 53.7 Å². The number of aryl methyl sites for hydroxylation is 1. The summed E-state index contributed by atoms with van der Waals surface area (Å²) in [4.78, 5) is 16.0. The van der Waals surface area contributed by atoms with Crippen molar-refractivity contribution < 1.29 is 4.79 Å². The Hall–Kier alpha value is -2.64. The second-order valence-electron chi connectivity index (χ2n) is 5.73. The molecule has 0 atom stereocenters. The van der Waals surface area contributed by atoms with Gasteiger partial charge in [0.05, 0.1) is 11.4 Å². The smallest absolute Gasteiger partial charge is 0.214 e. The molecule has 0 amide bonds. The highest BCUT2D eigenvalue weighted by atomic mass is 35.5. The van der Waals surface area contributed by atoms with Gasteiger partial charge in [-0.1, -0.05) is 41.6 Å². The highest BCUT2D eigenvalue weighted by Crippen LogP contribution is 2.25. The van der Waals surface area contributed by atoms with Crippen molar-refractivity contribution in [1.82, 2.24) is 25.2 Å². The van der Waals surface area contributed by atoms with E-state index in [1.165, 1.54) is 11.8 Å². The third-order valence-electron chi connectivity index (χ3n) is 4.02. The van der Waals surface area contributed by atoms with E-state index in [1.807, 2.05) is 43.3 Å². The number of halogens is 1. The Bertz CT molecular complexity index is 1090. The van der Waals surface area contributed by atoms with Crippen molar-refractivity contribution in [2.24, 2.45) is 0 Å². The number of rotatable bonds is 5. The number of thioether (sulfide) groups is 1. The van der Waals surface area contributed by atoms with E-state index in [0.717, 1.165) is 27.8 Å². The van der Waals surface area contributed by atoms with Gasteiger partial charge in [-0.05, 0) is 47.7 Å². The van der Waals surface area contributed by atoms with Gasteiger partial charge < -0.3 is 4.98 Å². The number of aromatic nitrogens is 5. The monoisotopic (exact) mass is 383 g/mol. The fraction of sp³-hybridized carbons (Fsp3) is 0.111. The van der Waals surface area contributed by atoms with Crippen molar-refractivity contribution in [2.75, 3.05) is 5.75 Å². The molecule has 4 aromatic rings. The van der Waals surface area contributed by atoms with E-state index in [2.05, 4.69) is 20.5 Å². The van der Waals surface area contributed by atoms with E-state index in [4.69, 9.17) is 11.6 Å². The normalized spacial score (nSPS) is 11.2. The van der Waals surface area contributed by atoms with Gasteiger partial charge in [0, 0.05) is 27.2 Å². The predicted molar refractivity (Wildman–Crippen MR) is 102 cm³/mol. The minimum Gasteiger partial charge on any atom is -0.358 e. The zero-order chi connectivity index (χ0) is 18.1. The minimum absolute atomic E-state index is 0.0376. The lowest BCUT2D eigenvalue weighted by Gasteiger charge is -2.04. The van der Waals surface area contributed by atoms with E-state index < -0.39 is 0 Å². The molecule has 0 spiro atoms. The van der Waals surface area contributed by atoms with E-state index in [9.17, 15) is 4.79 Å². The molecule has 0 aliphatic heterocycles. The van der Waals surface area contributed by atoms with Crippen LogP contribution in [0.2, 0.25) is 5.02 Å². The molecule has 0 fully saturated rings. The third-order valence-corrected chi connectivity index (χ3v) is 5.19. The van der Waals surface area contributed by atoms with E-state index in [0.29, 0.717) is 10.2 Å². The van der Waals surface area contributed by atoms with Gasteiger partial charge in [-0.15, -0.1) is 5.10 Å². The summed E-state index contributed by atoms with van der Waals surface area (Å²) in [6, 6.07) is 15.0. The molecule has 0 unspecified atom stereocenters. The fourth-order valence-corrected chi connectivity index (χ4v) is 3.74. The van der Waals surface area contributed by atoms with Crippen LogP contribution in [-0.2, 0) is 0 Å². The number of Topliss-reactive ketones (excluding diaryl/α,β-unsaturated/α-hetero) is 1. The SMILES string of the molecule is Cc1[nH]c2ccccc2c1C(=O)CSc1nnnn1-c1ccc(Cl)cc1. The molecule has 0 saturated carbocycles. The number of nitrogens with zero attached hydrogens (tertiary/aromatic N) is 4. The van der Waals surface area contributed by atoms with Crippen LogP contribution in [0.4, 0.5) is 0 Å². The molecule has 2 aromatic carbocycles. The zero-order valence-corrected chi connectivity index (χ0v) is 15.4. The van der Waals surface area contributed by atoms with E-state index >= 15 is 0 Å². The molecule has 0 saturated heterocycles. The number of fused-ring (bicyclic) bond motifs is 1. The number of nitrogens with one attached hydrogen (secondary N) is 1. The molecule has 0 aliphatic carbocycles. The van der Waals surface area contributed by atoms with Gasteiger partial charge in [0.2, 0.25) is 5.16 Å². The zero-order valence-electron chi connectivity index (χ0n) is 13.8. The molecule has 4 rings (SSSR count). The summed E-state index contributed by atoms with van der Waals surface area (Å²) in [5, 5.41) is 13.9. The topological polar surface area (TPSA) is 76.5 Å². The van der Waals surface area contributed by atoms with Crippen LogP contribution in [0.1, 0.15) is 16.1 Å². The Balaban J connectivity index is 1.56. The van der Waals surface area contributed by atoms with Crippen molar-refractivity contribution in [3.63, 3.8) is 0 Å². The average Bonchev–Trinajstić information content (AvgIpc) is 3.23. The fourth-order valence-electron chi connectivity index (χ4n) is 2.85. The molecule has 26 heavy (non-hydrogen) atoms. The second-order valence-corrected chi connectivity index (χ2v) is 7.11. The predicted octanol–water partition coefficient (Wildman–Crippen LogP) is 4.08. The number of H-pyrrole nitrogens is 1. The Kier molecular flexibility index (Phi) is 4.48.